The van der Waals surface area contributed by atoms with Crippen molar-refractivity contribution in [3.63, 3.8) is 0 Å². The van der Waals surface area contributed by atoms with Gasteiger partial charge >= 0.3 is 6.18 Å². The number of aromatic nitrogens is 4. The molecule has 200 valence electrons. The Morgan fingerprint density at radius 3 is 2.32 bits per heavy atom. The molecule has 0 saturated carbocycles. The summed E-state index contributed by atoms with van der Waals surface area (Å²) in [6, 6.07) is 9.39. The topological polar surface area (TPSA) is 117 Å². The van der Waals surface area contributed by atoms with Gasteiger partial charge in [0.15, 0.2) is 0 Å². The SMILES string of the molecule is CC(Nc1ncnc2c(OC3CCOCC3)cc(-c3ccc(F)cc3)cc12)c1cnc(C(F)(F)F)nc1.N. The zero-order valence-corrected chi connectivity index (χ0v) is 20.5. The second-order valence-electron chi connectivity index (χ2n) is 8.73. The highest BCUT2D eigenvalue weighted by Crippen LogP contribution is 2.36. The van der Waals surface area contributed by atoms with Crippen molar-refractivity contribution in [2.75, 3.05) is 18.5 Å². The minimum absolute atomic E-state index is 0. The molecule has 0 bridgehead atoms. The molecule has 4 N–H and O–H groups in total. The van der Waals surface area contributed by atoms with Crippen molar-refractivity contribution < 1.29 is 27.0 Å². The van der Waals surface area contributed by atoms with Gasteiger partial charge in [-0.25, -0.2) is 24.3 Å². The molecule has 0 amide bonds. The van der Waals surface area contributed by atoms with Gasteiger partial charge in [0, 0.05) is 36.2 Å². The largest absolute Gasteiger partial charge is 0.488 e. The minimum Gasteiger partial charge on any atom is -0.488 e. The van der Waals surface area contributed by atoms with Crippen LogP contribution in [-0.2, 0) is 10.9 Å². The Bertz CT molecular complexity index is 1380. The molecule has 8 nitrogen and oxygen atoms in total. The van der Waals surface area contributed by atoms with Gasteiger partial charge in [-0.05, 0) is 42.3 Å². The molecule has 4 aromatic rings. The maximum Gasteiger partial charge on any atom is 0.451 e. The summed E-state index contributed by atoms with van der Waals surface area (Å²) in [6.07, 6.45) is 0.494. The quantitative estimate of drug-likeness (QED) is 0.286. The van der Waals surface area contributed by atoms with Crippen LogP contribution in [0.3, 0.4) is 0 Å². The Hall–Kier alpha value is -3.90. The summed E-state index contributed by atoms with van der Waals surface area (Å²) in [5.41, 5.74) is 2.58. The van der Waals surface area contributed by atoms with E-state index >= 15 is 0 Å². The van der Waals surface area contributed by atoms with Crippen molar-refractivity contribution >= 4 is 16.7 Å². The maximum atomic E-state index is 13.6. The second kappa shape index (κ2) is 11.2. The van der Waals surface area contributed by atoms with Crippen molar-refractivity contribution in [1.29, 1.82) is 0 Å². The predicted octanol–water partition coefficient (Wildman–Crippen LogP) is 6.14. The number of hydrogen-bond donors (Lipinski definition) is 2. The lowest BCUT2D eigenvalue weighted by Gasteiger charge is -2.24. The van der Waals surface area contributed by atoms with Gasteiger partial charge in [0.25, 0.3) is 0 Å². The lowest BCUT2D eigenvalue weighted by molar-refractivity contribution is -0.145. The summed E-state index contributed by atoms with van der Waals surface area (Å²) in [5.74, 6) is -0.533. The van der Waals surface area contributed by atoms with Crippen LogP contribution in [0.1, 0.15) is 37.2 Å². The van der Waals surface area contributed by atoms with E-state index in [9.17, 15) is 17.6 Å². The molecule has 0 aliphatic carbocycles. The van der Waals surface area contributed by atoms with E-state index in [-0.39, 0.29) is 18.1 Å². The Kier molecular flexibility index (Phi) is 8.02. The molecular formula is C26H26F4N6O2. The minimum atomic E-state index is -4.62. The molecule has 12 heteroatoms. The molecule has 5 rings (SSSR count). The highest BCUT2D eigenvalue weighted by molar-refractivity contribution is 5.96. The third kappa shape index (κ3) is 5.97. The first-order valence-electron chi connectivity index (χ1n) is 11.7. The molecule has 1 aliphatic rings. The van der Waals surface area contributed by atoms with Gasteiger partial charge in [-0.2, -0.15) is 13.2 Å². The van der Waals surface area contributed by atoms with Crippen LogP contribution in [0.25, 0.3) is 22.0 Å². The molecule has 0 spiro atoms. The van der Waals surface area contributed by atoms with Gasteiger partial charge < -0.3 is 20.9 Å². The summed E-state index contributed by atoms with van der Waals surface area (Å²) >= 11 is 0. The van der Waals surface area contributed by atoms with E-state index in [4.69, 9.17) is 9.47 Å². The van der Waals surface area contributed by atoms with Crippen molar-refractivity contribution in [2.24, 2.45) is 0 Å². The Morgan fingerprint density at radius 2 is 1.66 bits per heavy atom. The van der Waals surface area contributed by atoms with Gasteiger partial charge in [-0.1, -0.05) is 12.1 Å². The fourth-order valence-corrected chi connectivity index (χ4v) is 4.12. The maximum absolute atomic E-state index is 13.6. The zero-order chi connectivity index (χ0) is 26.0. The van der Waals surface area contributed by atoms with Crippen molar-refractivity contribution in [3.05, 3.63) is 72.3 Å². The average Bonchev–Trinajstić information content (AvgIpc) is 2.89. The van der Waals surface area contributed by atoms with E-state index in [0.29, 0.717) is 41.2 Å². The fraction of sp³-hybridized carbons (Fsp3) is 0.308. The number of rotatable bonds is 6. The van der Waals surface area contributed by atoms with Crippen LogP contribution in [0.5, 0.6) is 5.75 Å². The number of halogens is 4. The predicted molar refractivity (Wildman–Crippen MR) is 133 cm³/mol. The third-order valence-corrected chi connectivity index (χ3v) is 6.12. The van der Waals surface area contributed by atoms with Crippen LogP contribution < -0.4 is 16.2 Å². The number of benzene rings is 2. The number of alkyl halides is 3. The first kappa shape index (κ1) is 27.1. The normalized spacial score (nSPS) is 15.1. The Labute approximate surface area is 216 Å². The molecule has 38 heavy (non-hydrogen) atoms. The molecular weight excluding hydrogens is 504 g/mol. The number of ether oxygens (including phenoxy) is 2. The number of fused-ring (bicyclic) bond motifs is 1. The second-order valence-corrected chi connectivity index (χ2v) is 8.73. The molecule has 1 saturated heterocycles. The molecule has 1 fully saturated rings. The van der Waals surface area contributed by atoms with E-state index < -0.39 is 18.0 Å². The molecule has 2 aromatic carbocycles. The zero-order valence-electron chi connectivity index (χ0n) is 20.5. The first-order chi connectivity index (χ1) is 17.8. The lowest BCUT2D eigenvalue weighted by Crippen LogP contribution is -2.26. The molecule has 2 aromatic heterocycles. The highest BCUT2D eigenvalue weighted by Gasteiger charge is 2.34. The lowest BCUT2D eigenvalue weighted by atomic mass is 10.0. The van der Waals surface area contributed by atoms with E-state index in [1.54, 1.807) is 19.1 Å². The van der Waals surface area contributed by atoms with E-state index in [1.165, 1.54) is 18.5 Å². The van der Waals surface area contributed by atoms with Crippen molar-refractivity contribution in [3.8, 4) is 16.9 Å². The summed E-state index contributed by atoms with van der Waals surface area (Å²) in [6.45, 7) is 2.98. The number of anilines is 1. The first-order valence-corrected chi connectivity index (χ1v) is 11.7. The van der Waals surface area contributed by atoms with E-state index in [2.05, 4.69) is 25.3 Å². The van der Waals surface area contributed by atoms with Crippen LogP contribution in [-0.4, -0.2) is 39.3 Å². The summed E-state index contributed by atoms with van der Waals surface area (Å²) in [7, 11) is 0. The Balaban J connectivity index is 0.00000336. The van der Waals surface area contributed by atoms with Crippen LogP contribution in [0.2, 0.25) is 0 Å². The van der Waals surface area contributed by atoms with Crippen molar-refractivity contribution in [1.82, 2.24) is 26.1 Å². The summed E-state index contributed by atoms with van der Waals surface area (Å²) in [5, 5.41) is 3.87. The van der Waals surface area contributed by atoms with Gasteiger partial charge in [-0.15, -0.1) is 0 Å². The molecule has 1 atom stereocenters. The van der Waals surface area contributed by atoms with E-state index in [1.807, 2.05) is 12.1 Å². The Morgan fingerprint density at radius 1 is 0.974 bits per heavy atom. The fourth-order valence-electron chi connectivity index (χ4n) is 4.12. The van der Waals surface area contributed by atoms with Gasteiger partial charge in [0.2, 0.25) is 5.82 Å². The highest BCUT2D eigenvalue weighted by atomic mass is 19.4. The number of nitrogens with zero attached hydrogens (tertiary/aromatic N) is 4. The molecule has 0 radical (unpaired) electrons. The standard InChI is InChI=1S/C26H23F4N5O2.H3N/c1-15(18-12-31-25(32-13-18)26(28,29)30)35-24-21-10-17(16-2-4-19(27)5-3-16)11-22(23(21)33-14-34-24)37-20-6-8-36-9-7-20;/h2-5,10-15,20H,6-9H2,1H3,(H,33,34,35);1H3. The smallest absolute Gasteiger partial charge is 0.451 e. The molecule has 1 unspecified atom stereocenters. The van der Waals surface area contributed by atoms with Gasteiger partial charge in [0.05, 0.1) is 19.3 Å². The van der Waals surface area contributed by atoms with Crippen LogP contribution in [0.15, 0.2) is 55.1 Å². The van der Waals surface area contributed by atoms with Gasteiger partial charge in [0.1, 0.15) is 35.3 Å². The van der Waals surface area contributed by atoms with Gasteiger partial charge in [-0.3, -0.25) is 0 Å². The monoisotopic (exact) mass is 530 g/mol. The number of nitrogens with one attached hydrogen (secondary N) is 1. The summed E-state index contributed by atoms with van der Waals surface area (Å²) in [4.78, 5) is 15.7. The summed E-state index contributed by atoms with van der Waals surface area (Å²) < 4.78 is 63.9. The third-order valence-electron chi connectivity index (χ3n) is 6.12. The molecule has 1 aliphatic heterocycles. The van der Waals surface area contributed by atoms with Crippen LogP contribution in [0, 0.1) is 5.82 Å². The van der Waals surface area contributed by atoms with E-state index in [0.717, 1.165) is 36.4 Å². The van der Waals surface area contributed by atoms with Crippen LogP contribution in [0.4, 0.5) is 23.4 Å². The average molecular weight is 531 g/mol. The van der Waals surface area contributed by atoms with Crippen molar-refractivity contribution in [2.45, 2.75) is 38.1 Å². The molecule has 3 heterocycles. The number of hydrogen-bond acceptors (Lipinski definition) is 8. The van der Waals surface area contributed by atoms with Crippen LogP contribution >= 0.6 is 0 Å².